The molecular formula is C11H7BrFIN2O3. The average molecular weight is 441 g/mol. The summed E-state index contributed by atoms with van der Waals surface area (Å²) < 4.78 is 21.1. The zero-order chi connectivity index (χ0) is 14.2. The third-order valence-electron chi connectivity index (χ3n) is 2.38. The number of rotatable bonds is 2. The van der Waals surface area contributed by atoms with Crippen molar-refractivity contribution >= 4 is 38.5 Å². The largest absolute Gasteiger partial charge is 0.494 e. The molecule has 0 aliphatic heterocycles. The molecule has 19 heavy (non-hydrogen) atoms. The number of nitrogens with one attached hydrogen (secondary N) is 1. The molecule has 0 unspecified atom stereocenters. The first-order chi connectivity index (χ1) is 8.95. The Hall–Kier alpha value is -1.16. The summed E-state index contributed by atoms with van der Waals surface area (Å²) in [6, 6.07) is 2.56. The number of benzene rings is 1. The van der Waals surface area contributed by atoms with Crippen molar-refractivity contribution in [2.24, 2.45) is 0 Å². The Kier molecular flexibility index (Phi) is 4.09. The van der Waals surface area contributed by atoms with Crippen LogP contribution in [-0.2, 0) is 0 Å². The zero-order valence-electron chi connectivity index (χ0n) is 9.54. The highest BCUT2D eigenvalue weighted by molar-refractivity contribution is 14.1. The molecule has 1 aromatic heterocycles. The summed E-state index contributed by atoms with van der Waals surface area (Å²) in [5.74, 6) is -0.255. The second-order valence-corrected chi connectivity index (χ2v) is 5.45. The van der Waals surface area contributed by atoms with E-state index < -0.39 is 17.1 Å². The minimum Gasteiger partial charge on any atom is -0.494 e. The second-order valence-electron chi connectivity index (χ2n) is 3.52. The van der Waals surface area contributed by atoms with E-state index in [1.807, 2.05) is 0 Å². The molecule has 0 amide bonds. The van der Waals surface area contributed by atoms with Gasteiger partial charge in [0.15, 0.2) is 5.82 Å². The summed E-state index contributed by atoms with van der Waals surface area (Å²) in [4.78, 5) is 24.7. The van der Waals surface area contributed by atoms with Gasteiger partial charge in [-0.2, -0.15) is 0 Å². The molecule has 8 heteroatoms. The molecule has 0 bridgehead atoms. The predicted molar refractivity (Wildman–Crippen MR) is 79.6 cm³/mol. The van der Waals surface area contributed by atoms with Crippen molar-refractivity contribution in [2.75, 3.05) is 7.11 Å². The highest BCUT2D eigenvalue weighted by Gasteiger charge is 2.17. The fourth-order valence-corrected chi connectivity index (χ4v) is 3.27. The van der Waals surface area contributed by atoms with Crippen molar-refractivity contribution in [3.05, 3.63) is 53.0 Å². The molecule has 0 saturated heterocycles. The summed E-state index contributed by atoms with van der Waals surface area (Å²) >= 11 is 5.03. The first kappa shape index (κ1) is 14.3. The summed E-state index contributed by atoms with van der Waals surface area (Å²) in [6.07, 6.45) is 1.22. The quantitative estimate of drug-likeness (QED) is 0.574. The number of ether oxygens (including phenoxy) is 1. The molecular weight excluding hydrogens is 434 g/mol. The van der Waals surface area contributed by atoms with Gasteiger partial charge in [0.1, 0.15) is 5.75 Å². The second kappa shape index (κ2) is 5.45. The Morgan fingerprint density at radius 3 is 2.74 bits per heavy atom. The van der Waals surface area contributed by atoms with Crippen molar-refractivity contribution in [2.45, 2.75) is 0 Å². The van der Waals surface area contributed by atoms with Gasteiger partial charge in [-0.25, -0.2) is 9.18 Å². The van der Waals surface area contributed by atoms with E-state index >= 15 is 0 Å². The van der Waals surface area contributed by atoms with E-state index in [9.17, 15) is 14.0 Å². The lowest BCUT2D eigenvalue weighted by atomic mass is 10.3. The van der Waals surface area contributed by atoms with Gasteiger partial charge in [0.05, 0.1) is 20.8 Å². The lowest BCUT2D eigenvalue weighted by Gasteiger charge is -2.12. The van der Waals surface area contributed by atoms with Gasteiger partial charge in [-0.15, -0.1) is 0 Å². The van der Waals surface area contributed by atoms with Crippen LogP contribution in [-0.4, -0.2) is 16.7 Å². The molecule has 0 saturated carbocycles. The number of methoxy groups -OCH3 is 1. The molecule has 0 atom stereocenters. The van der Waals surface area contributed by atoms with E-state index in [0.717, 1.165) is 10.6 Å². The number of H-pyrrole nitrogens is 1. The molecule has 1 heterocycles. The molecule has 1 N–H and O–H groups in total. The fourth-order valence-electron chi connectivity index (χ4n) is 1.54. The highest BCUT2D eigenvalue weighted by atomic mass is 127. The van der Waals surface area contributed by atoms with Gasteiger partial charge < -0.3 is 4.74 Å². The average Bonchev–Trinajstić information content (AvgIpc) is 2.35. The van der Waals surface area contributed by atoms with Crippen LogP contribution in [0.1, 0.15) is 0 Å². The number of aromatic nitrogens is 2. The van der Waals surface area contributed by atoms with E-state index in [1.54, 1.807) is 22.6 Å². The van der Waals surface area contributed by atoms with Gasteiger partial charge in [0.25, 0.3) is 5.56 Å². The molecule has 0 spiro atoms. The van der Waals surface area contributed by atoms with E-state index in [1.165, 1.54) is 19.4 Å². The normalized spacial score (nSPS) is 10.5. The topological polar surface area (TPSA) is 64.1 Å². The van der Waals surface area contributed by atoms with E-state index in [-0.39, 0.29) is 9.26 Å². The van der Waals surface area contributed by atoms with Crippen molar-refractivity contribution in [1.82, 2.24) is 9.55 Å². The van der Waals surface area contributed by atoms with Crippen molar-refractivity contribution in [3.63, 3.8) is 0 Å². The van der Waals surface area contributed by atoms with E-state index in [2.05, 4.69) is 20.9 Å². The van der Waals surface area contributed by atoms with Crippen LogP contribution in [0.3, 0.4) is 0 Å². The van der Waals surface area contributed by atoms with Crippen LogP contribution in [0.25, 0.3) is 5.69 Å². The Labute approximate surface area is 128 Å². The summed E-state index contributed by atoms with van der Waals surface area (Å²) in [5, 5.41) is 0. The maximum Gasteiger partial charge on any atom is 0.333 e. The molecule has 2 rings (SSSR count). The summed E-state index contributed by atoms with van der Waals surface area (Å²) in [7, 11) is 1.42. The predicted octanol–water partition coefficient (Wildman–Crippen LogP) is 2.04. The third kappa shape index (κ3) is 2.59. The molecule has 0 radical (unpaired) electrons. The Morgan fingerprint density at radius 1 is 1.47 bits per heavy atom. The van der Waals surface area contributed by atoms with Crippen LogP contribution in [0.4, 0.5) is 4.39 Å². The maximum atomic E-state index is 14.2. The monoisotopic (exact) mass is 440 g/mol. The van der Waals surface area contributed by atoms with Crippen LogP contribution in [0.15, 0.2) is 32.4 Å². The molecule has 5 nitrogen and oxygen atoms in total. The smallest absolute Gasteiger partial charge is 0.333 e. The minimum absolute atomic E-state index is 0.0262. The van der Waals surface area contributed by atoms with Crippen LogP contribution < -0.4 is 16.0 Å². The first-order valence-electron chi connectivity index (χ1n) is 4.99. The van der Waals surface area contributed by atoms with Crippen molar-refractivity contribution in [1.29, 1.82) is 0 Å². The van der Waals surface area contributed by atoms with Gasteiger partial charge in [-0.05, 0) is 44.6 Å². The molecule has 1 aromatic carbocycles. The Bertz CT molecular complexity index is 757. The standard InChI is InChI=1S/C11H7BrFIN2O3/c1-19-10-5(12)4-6(8(13)9(10)14)16-3-2-7(17)15-11(16)18/h2-4H,1H3,(H,15,17,18). The molecule has 0 aliphatic rings. The lowest BCUT2D eigenvalue weighted by Crippen LogP contribution is -2.28. The molecule has 2 aromatic rings. The van der Waals surface area contributed by atoms with Gasteiger partial charge >= 0.3 is 5.69 Å². The van der Waals surface area contributed by atoms with Crippen LogP contribution >= 0.6 is 38.5 Å². The Morgan fingerprint density at radius 2 is 2.16 bits per heavy atom. The molecule has 0 aliphatic carbocycles. The van der Waals surface area contributed by atoms with Gasteiger partial charge in [0.2, 0.25) is 0 Å². The number of hydrogen-bond acceptors (Lipinski definition) is 3. The number of aromatic amines is 1. The van der Waals surface area contributed by atoms with Crippen molar-refractivity contribution < 1.29 is 9.13 Å². The highest BCUT2D eigenvalue weighted by Crippen LogP contribution is 2.35. The first-order valence-corrected chi connectivity index (χ1v) is 6.86. The minimum atomic E-state index is -0.709. The number of halogens is 3. The van der Waals surface area contributed by atoms with Crippen LogP contribution in [0.2, 0.25) is 0 Å². The summed E-state index contributed by atoms with van der Waals surface area (Å²) in [6.45, 7) is 0. The molecule has 100 valence electrons. The zero-order valence-corrected chi connectivity index (χ0v) is 13.3. The Balaban J connectivity index is 2.77. The van der Waals surface area contributed by atoms with Gasteiger partial charge in [-0.1, -0.05) is 0 Å². The fraction of sp³-hybridized carbons (Fsp3) is 0.0909. The van der Waals surface area contributed by atoms with Crippen LogP contribution in [0.5, 0.6) is 5.75 Å². The number of nitrogens with zero attached hydrogens (tertiary/aromatic N) is 1. The van der Waals surface area contributed by atoms with Crippen molar-refractivity contribution in [3.8, 4) is 11.4 Å². The lowest BCUT2D eigenvalue weighted by molar-refractivity contribution is 0.404. The maximum absolute atomic E-state index is 14.2. The van der Waals surface area contributed by atoms with Crippen LogP contribution in [0, 0.1) is 9.39 Å². The van der Waals surface area contributed by atoms with Gasteiger partial charge in [0, 0.05) is 12.3 Å². The number of hydrogen-bond donors (Lipinski definition) is 1. The van der Waals surface area contributed by atoms with Gasteiger partial charge in [-0.3, -0.25) is 14.3 Å². The third-order valence-corrected chi connectivity index (χ3v) is 3.94. The van der Waals surface area contributed by atoms with E-state index in [0.29, 0.717) is 10.2 Å². The SMILES string of the molecule is COc1c(Br)cc(-n2ccc(=O)[nH]c2=O)c(F)c1I. The van der Waals surface area contributed by atoms with E-state index in [4.69, 9.17) is 4.74 Å². The molecule has 0 fully saturated rings. The summed E-state index contributed by atoms with van der Waals surface area (Å²) in [5.41, 5.74) is -1.22.